The minimum Gasteiger partial charge on any atom is -0.396 e. The van der Waals surface area contributed by atoms with Gasteiger partial charge in [-0.15, -0.1) is 0 Å². The van der Waals surface area contributed by atoms with E-state index >= 15 is 0 Å². The minimum atomic E-state index is 0.00450. The lowest BCUT2D eigenvalue weighted by Gasteiger charge is -2.41. The number of aliphatic hydroxyl groups is 1. The molecule has 1 N–H and O–H groups in total. The van der Waals surface area contributed by atoms with Crippen LogP contribution in [0.1, 0.15) is 46.9 Å². The number of hydrogen-bond donors (Lipinski definition) is 1. The van der Waals surface area contributed by atoms with E-state index < -0.39 is 0 Å². The van der Waals surface area contributed by atoms with E-state index in [0.29, 0.717) is 23.1 Å². The Kier molecular flexibility index (Phi) is 6.52. The van der Waals surface area contributed by atoms with Gasteiger partial charge in [0.15, 0.2) is 5.78 Å². The van der Waals surface area contributed by atoms with Crippen LogP contribution < -0.4 is 0 Å². The second kappa shape index (κ2) is 8.40. The fraction of sp³-hybridized carbons (Fsp3) is 0.579. The molecule has 132 valence electrons. The summed E-state index contributed by atoms with van der Waals surface area (Å²) in [5, 5.41) is 9.12. The summed E-state index contributed by atoms with van der Waals surface area (Å²) >= 11 is 0. The Labute approximate surface area is 144 Å². The average Bonchev–Trinajstić information content (AvgIpc) is 2.59. The Morgan fingerprint density at radius 3 is 2.38 bits per heavy atom. The van der Waals surface area contributed by atoms with Crippen molar-refractivity contribution in [3.8, 4) is 0 Å². The highest BCUT2D eigenvalue weighted by Gasteiger charge is 2.32. The van der Waals surface area contributed by atoms with Crippen molar-refractivity contribution < 1.29 is 14.7 Å². The highest BCUT2D eigenvalue weighted by Crippen LogP contribution is 2.26. The van der Waals surface area contributed by atoms with E-state index in [1.165, 1.54) is 6.92 Å². The molecule has 0 saturated carbocycles. The van der Waals surface area contributed by atoms with Crippen LogP contribution in [0.5, 0.6) is 0 Å². The molecule has 0 bridgehead atoms. The fourth-order valence-electron chi connectivity index (χ4n) is 3.55. The van der Waals surface area contributed by atoms with Crippen molar-refractivity contribution in [2.75, 3.05) is 33.8 Å². The van der Waals surface area contributed by atoms with Gasteiger partial charge in [0.05, 0.1) is 0 Å². The summed E-state index contributed by atoms with van der Waals surface area (Å²) in [5.74, 6) is 0.405. The normalized spacial score (nSPS) is 21.1. The molecular weight excluding hydrogens is 304 g/mol. The van der Waals surface area contributed by atoms with Crippen LogP contribution in [0.3, 0.4) is 0 Å². The fourth-order valence-corrected chi connectivity index (χ4v) is 3.55. The third kappa shape index (κ3) is 4.42. The van der Waals surface area contributed by atoms with Gasteiger partial charge in [0, 0.05) is 36.9 Å². The third-order valence-corrected chi connectivity index (χ3v) is 4.92. The van der Waals surface area contributed by atoms with Gasteiger partial charge in [0.25, 0.3) is 5.91 Å². The Morgan fingerprint density at radius 2 is 1.83 bits per heavy atom. The molecule has 2 atom stereocenters. The standard InChI is InChI=1S/C19H28N2O3/c1-14(23)15-6-8-16(9-7-15)19(24)21-11-10-18(20(2)3)17(13-21)5-4-12-22/h6-9,17-18,22H,4-5,10-13H2,1-3H3/t17-,18+/m1/s1. The molecule has 1 aliphatic heterocycles. The summed E-state index contributed by atoms with van der Waals surface area (Å²) in [6.07, 6.45) is 2.64. The first-order valence-corrected chi connectivity index (χ1v) is 8.61. The molecule has 1 saturated heterocycles. The molecular formula is C19H28N2O3. The van der Waals surface area contributed by atoms with E-state index in [9.17, 15) is 9.59 Å². The molecule has 5 nitrogen and oxygen atoms in total. The lowest BCUT2D eigenvalue weighted by Crippen LogP contribution is -2.50. The summed E-state index contributed by atoms with van der Waals surface area (Å²) in [6.45, 7) is 3.17. The predicted octanol–water partition coefficient (Wildman–Crippen LogP) is 2.05. The van der Waals surface area contributed by atoms with Gasteiger partial charge in [-0.25, -0.2) is 0 Å². The molecule has 0 aromatic heterocycles. The Hall–Kier alpha value is -1.72. The van der Waals surface area contributed by atoms with Crippen molar-refractivity contribution in [1.29, 1.82) is 0 Å². The summed E-state index contributed by atoms with van der Waals surface area (Å²) in [4.78, 5) is 28.2. The van der Waals surface area contributed by atoms with Crippen LogP contribution in [0.4, 0.5) is 0 Å². The lowest BCUT2D eigenvalue weighted by atomic mass is 9.87. The predicted molar refractivity (Wildman–Crippen MR) is 94.3 cm³/mol. The molecule has 0 unspecified atom stereocenters. The Balaban J connectivity index is 2.07. The number of aliphatic hydroxyl groups excluding tert-OH is 1. The zero-order chi connectivity index (χ0) is 17.7. The smallest absolute Gasteiger partial charge is 0.253 e. The van der Waals surface area contributed by atoms with Crippen LogP contribution in [-0.4, -0.2) is 66.4 Å². The van der Waals surface area contributed by atoms with Crippen molar-refractivity contribution in [3.05, 3.63) is 35.4 Å². The Morgan fingerprint density at radius 1 is 1.21 bits per heavy atom. The zero-order valence-electron chi connectivity index (χ0n) is 14.9. The van der Waals surface area contributed by atoms with Crippen LogP contribution in [-0.2, 0) is 0 Å². The second-order valence-electron chi connectivity index (χ2n) is 6.83. The maximum absolute atomic E-state index is 12.8. The first-order chi connectivity index (χ1) is 11.4. The molecule has 1 heterocycles. The van der Waals surface area contributed by atoms with Gasteiger partial charge in [-0.2, -0.15) is 0 Å². The third-order valence-electron chi connectivity index (χ3n) is 4.92. The zero-order valence-corrected chi connectivity index (χ0v) is 14.9. The average molecular weight is 332 g/mol. The summed E-state index contributed by atoms with van der Waals surface area (Å²) in [6, 6.07) is 7.34. The number of ketones is 1. The quantitative estimate of drug-likeness (QED) is 0.810. The van der Waals surface area contributed by atoms with Crippen molar-refractivity contribution in [2.24, 2.45) is 5.92 Å². The monoisotopic (exact) mass is 332 g/mol. The van der Waals surface area contributed by atoms with Crippen LogP contribution in [0.25, 0.3) is 0 Å². The van der Waals surface area contributed by atoms with E-state index in [1.807, 2.05) is 4.90 Å². The summed E-state index contributed by atoms with van der Waals surface area (Å²) in [5.41, 5.74) is 1.25. The van der Waals surface area contributed by atoms with Gasteiger partial charge >= 0.3 is 0 Å². The van der Waals surface area contributed by atoms with Crippen LogP contribution >= 0.6 is 0 Å². The van der Waals surface area contributed by atoms with E-state index in [4.69, 9.17) is 5.11 Å². The van der Waals surface area contributed by atoms with Gasteiger partial charge in [-0.05, 0) is 58.3 Å². The number of benzene rings is 1. The first kappa shape index (κ1) is 18.6. The first-order valence-electron chi connectivity index (χ1n) is 8.61. The SMILES string of the molecule is CC(=O)c1ccc(C(=O)N2CC[C@H](N(C)C)[C@H](CCCO)C2)cc1. The molecule has 5 heteroatoms. The molecule has 1 aliphatic rings. The number of likely N-dealkylation sites (tertiary alicyclic amines) is 1. The van der Waals surface area contributed by atoms with Gasteiger partial charge in [0.2, 0.25) is 0 Å². The number of amides is 1. The number of carbonyl (C=O) groups is 2. The van der Waals surface area contributed by atoms with Crippen molar-refractivity contribution in [3.63, 3.8) is 0 Å². The molecule has 1 aromatic carbocycles. The largest absolute Gasteiger partial charge is 0.396 e. The molecule has 2 rings (SSSR count). The molecule has 1 amide bonds. The topological polar surface area (TPSA) is 60.9 Å². The van der Waals surface area contributed by atoms with Crippen molar-refractivity contribution >= 4 is 11.7 Å². The Bertz CT molecular complexity index is 568. The van der Waals surface area contributed by atoms with Gasteiger partial charge in [0.1, 0.15) is 0 Å². The maximum Gasteiger partial charge on any atom is 0.253 e. The van der Waals surface area contributed by atoms with E-state index in [-0.39, 0.29) is 18.3 Å². The minimum absolute atomic E-state index is 0.00450. The van der Waals surface area contributed by atoms with Gasteiger partial charge in [-0.1, -0.05) is 12.1 Å². The molecule has 1 aromatic rings. The highest BCUT2D eigenvalue weighted by molar-refractivity contribution is 5.97. The van der Waals surface area contributed by atoms with E-state index in [2.05, 4.69) is 19.0 Å². The number of piperidine rings is 1. The molecule has 1 fully saturated rings. The summed E-state index contributed by atoms with van der Waals surface area (Å²) < 4.78 is 0. The number of nitrogens with zero attached hydrogens (tertiary/aromatic N) is 2. The summed E-state index contributed by atoms with van der Waals surface area (Å²) in [7, 11) is 4.16. The molecule has 0 aliphatic carbocycles. The van der Waals surface area contributed by atoms with Crippen molar-refractivity contribution in [1.82, 2.24) is 9.80 Å². The number of carbonyl (C=O) groups excluding carboxylic acids is 2. The van der Waals surface area contributed by atoms with E-state index in [0.717, 1.165) is 32.4 Å². The number of rotatable bonds is 6. The van der Waals surface area contributed by atoms with E-state index in [1.54, 1.807) is 24.3 Å². The van der Waals surface area contributed by atoms with Crippen LogP contribution in [0.15, 0.2) is 24.3 Å². The molecule has 0 spiro atoms. The van der Waals surface area contributed by atoms with Crippen molar-refractivity contribution in [2.45, 2.75) is 32.2 Å². The van der Waals surface area contributed by atoms with Gasteiger partial charge < -0.3 is 14.9 Å². The number of hydrogen-bond acceptors (Lipinski definition) is 4. The van der Waals surface area contributed by atoms with Crippen LogP contribution in [0, 0.1) is 5.92 Å². The lowest BCUT2D eigenvalue weighted by molar-refractivity contribution is 0.0495. The highest BCUT2D eigenvalue weighted by atomic mass is 16.3. The van der Waals surface area contributed by atoms with Gasteiger partial charge in [-0.3, -0.25) is 9.59 Å². The van der Waals surface area contributed by atoms with Crippen LogP contribution in [0.2, 0.25) is 0 Å². The molecule has 0 radical (unpaired) electrons. The molecule has 24 heavy (non-hydrogen) atoms. The maximum atomic E-state index is 12.8. The number of Topliss-reactive ketones (excluding diaryl/α,β-unsaturated/α-hetero) is 1. The second-order valence-corrected chi connectivity index (χ2v) is 6.83.